The Kier molecular flexibility index (Phi) is 3.91. The number of carbonyl (C=O) groups is 2. The molecule has 0 aromatic heterocycles. The Balaban J connectivity index is 4.27. The molecule has 0 rings (SSSR count). The van der Waals surface area contributed by atoms with Gasteiger partial charge in [0, 0.05) is 0 Å². The molecule has 0 aliphatic heterocycles. The van der Waals surface area contributed by atoms with Crippen LogP contribution in [0.15, 0.2) is 0 Å². The fourth-order valence-electron chi connectivity index (χ4n) is 0.682. The SMILES string of the molecule is [CH2]C(=O)OC(C)(C)C(=O)OC(C)C. The maximum absolute atomic E-state index is 11.3. The standard InChI is InChI=1S/C9H15O4/c1-6(2)12-8(11)9(4,5)13-7(3)10/h6H,3H2,1-2,4-5H3. The van der Waals surface area contributed by atoms with Gasteiger partial charge in [-0.05, 0) is 27.7 Å². The van der Waals surface area contributed by atoms with Crippen molar-refractivity contribution in [3.8, 4) is 0 Å². The molecule has 1 radical (unpaired) electrons. The molecule has 0 unspecified atom stereocenters. The van der Waals surface area contributed by atoms with Gasteiger partial charge in [0.1, 0.15) is 0 Å². The first-order valence-electron chi connectivity index (χ1n) is 4.01. The van der Waals surface area contributed by atoms with Crippen molar-refractivity contribution >= 4 is 11.9 Å². The van der Waals surface area contributed by atoms with E-state index < -0.39 is 17.5 Å². The van der Waals surface area contributed by atoms with Crippen LogP contribution in [0, 0.1) is 6.92 Å². The van der Waals surface area contributed by atoms with E-state index in [1.165, 1.54) is 13.8 Å². The largest absolute Gasteiger partial charge is 0.460 e. The van der Waals surface area contributed by atoms with Crippen LogP contribution in [0.4, 0.5) is 0 Å². The lowest BCUT2D eigenvalue weighted by Crippen LogP contribution is -2.39. The Morgan fingerprint density at radius 2 is 1.77 bits per heavy atom. The van der Waals surface area contributed by atoms with Crippen LogP contribution in [-0.2, 0) is 19.1 Å². The Morgan fingerprint density at radius 3 is 2.08 bits per heavy atom. The van der Waals surface area contributed by atoms with Crippen molar-refractivity contribution in [3.63, 3.8) is 0 Å². The molecule has 0 saturated carbocycles. The van der Waals surface area contributed by atoms with E-state index in [2.05, 4.69) is 11.7 Å². The van der Waals surface area contributed by atoms with Gasteiger partial charge in [0.25, 0.3) is 0 Å². The molecule has 0 bridgehead atoms. The van der Waals surface area contributed by atoms with E-state index in [-0.39, 0.29) is 6.10 Å². The highest BCUT2D eigenvalue weighted by molar-refractivity contribution is 5.83. The van der Waals surface area contributed by atoms with Gasteiger partial charge in [-0.25, -0.2) is 4.79 Å². The van der Waals surface area contributed by atoms with Crippen LogP contribution in [0.25, 0.3) is 0 Å². The van der Waals surface area contributed by atoms with E-state index in [4.69, 9.17) is 4.74 Å². The second kappa shape index (κ2) is 4.25. The van der Waals surface area contributed by atoms with E-state index in [1.807, 2.05) is 0 Å². The fourth-order valence-corrected chi connectivity index (χ4v) is 0.682. The predicted octanol–water partition coefficient (Wildman–Crippen LogP) is 1.09. The molecule has 0 aromatic rings. The molecule has 75 valence electrons. The van der Waals surface area contributed by atoms with E-state index in [9.17, 15) is 9.59 Å². The molecule has 0 spiro atoms. The molecule has 4 heteroatoms. The predicted molar refractivity (Wildman–Crippen MR) is 46.8 cm³/mol. The Morgan fingerprint density at radius 1 is 1.31 bits per heavy atom. The first kappa shape index (κ1) is 11.9. The van der Waals surface area contributed by atoms with E-state index in [0.717, 1.165) is 0 Å². The molecule has 0 saturated heterocycles. The van der Waals surface area contributed by atoms with Gasteiger partial charge in [-0.2, -0.15) is 0 Å². The summed E-state index contributed by atoms with van der Waals surface area (Å²) in [5, 5.41) is 0. The minimum atomic E-state index is -1.26. The number of hydrogen-bond acceptors (Lipinski definition) is 4. The zero-order chi connectivity index (χ0) is 10.6. The van der Waals surface area contributed by atoms with Gasteiger partial charge in [0.15, 0.2) is 0 Å². The van der Waals surface area contributed by atoms with Crippen molar-refractivity contribution in [2.45, 2.75) is 39.4 Å². The van der Waals surface area contributed by atoms with Crippen molar-refractivity contribution in [1.82, 2.24) is 0 Å². The van der Waals surface area contributed by atoms with Crippen LogP contribution in [0.2, 0.25) is 0 Å². The number of esters is 2. The zero-order valence-corrected chi connectivity index (χ0v) is 8.42. The highest BCUT2D eigenvalue weighted by Gasteiger charge is 2.33. The molecule has 0 aromatic carbocycles. The normalized spacial score (nSPS) is 11.2. The Labute approximate surface area is 78.2 Å². The summed E-state index contributed by atoms with van der Waals surface area (Å²) in [6.07, 6.45) is -0.227. The van der Waals surface area contributed by atoms with Gasteiger partial charge in [0.2, 0.25) is 5.60 Å². The molecular formula is C9H15O4. The first-order chi connectivity index (χ1) is 5.75. The lowest BCUT2D eigenvalue weighted by atomic mass is 10.1. The third-order valence-electron chi connectivity index (χ3n) is 1.20. The summed E-state index contributed by atoms with van der Waals surface area (Å²) in [5.41, 5.74) is -1.26. The van der Waals surface area contributed by atoms with Gasteiger partial charge in [-0.3, -0.25) is 4.79 Å². The maximum atomic E-state index is 11.3. The number of ether oxygens (including phenoxy) is 2. The molecule has 0 amide bonds. The molecule has 4 nitrogen and oxygen atoms in total. The topological polar surface area (TPSA) is 52.6 Å². The number of rotatable bonds is 3. The average Bonchev–Trinajstić information content (AvgIpc) is 1.81. The van der Waals surface area contributed by atoms with Crippen LogP contribution in [0.5, 0.6) is 0 Å². The summed E-state index contributed by atoms with van der Waals surface area (Å²) < 4.78 is 9.55. The minimum absolute atomic E-state index is 0.227. The first-order valence-corrected chi connectivity index (χ1v) is 4.01. The summed E-state index contributed by atoms with van der Waals surface area (Å²) >= 11 is 0. The van der Waals surface area contributed by atoms with Crippen LogP contribution >= 0.6 is 0 Å². The van der Waals surface area contributed by atoms with Gasteiger partial charge < -0.3 is 9.47 Å². The van der Waals surface area contributed by atoms with Crippen molar-refractivity contribution in [2.24, 2.45) is 0 Å². The molecule has 0 N–H and O–H groups in total. The number of hydrogen-bond donors (Lipinski definition) is 0. The molecule has 0 aliphatic rings. The van der Waals surface area contributed by atoms with E-state index in [0.29, 0.717) is 0 Å². The second-order valence-electron chi connectivity index (χ2n) is 3.44. The summed E-state index contributed by atoms with van der Waals surface area (Å²) in [7, 11) is 0. The smallest absolute Gasteiger partial charge is 0.350 e. The molecule has 0 aliphatic carbocycles. The zero-order valence-electron chi connectivity index (χ0n) is 8.42. The Hall–Kier alpha value is -1.06. The van der Waals surface area contributed by atoms with Crippen molar-refractivity contribution in [2.75, 3.05) is 0 Å². The Bertz CT molecular complexity index is 206. The van der Waals surface area contributed by atoms with Gasteiger partial charge in [-0.15, -0.1) is 0 Å². The van der Waals surface area contributed by atoms with Gasteiger partial charge in [0.05, 0.1) is 13.0 Å². The lowest BCUT2D eigenvalue weighted by Gasteiger charge is -2.23. The van der Waals surface area contributed by atoms with Gasteiger partial charge in [-0.1, -0.05) is 0 Å². The van der Waals surface area contributed by atoms with Crippen LogP contribution < -0.4 is 0 Å². The summed E-state index contributed by atoms with van der Waals surface area (Å²) in [6.45, 7) is 9.38. The third kappa shape index (κ3) is 4.50. The summed E-state index contributed by atoms with van der Waals surface area (Å²) in [4.78, 5) is 21.8. The van der Waals surface area contributed by atoms with Crippen LogP contribution in [-0.4, -0.2) is 23.6 Å². The van der Waals surface area contributed by atoms with E-state index >= 15 is 0 Å². The maximum Gasteiger partial charge on any atom is 0.350 e. The summed E-state index contributed by atoms with van der Waals surface area (Å²) in [5.74, 6) is -1.31. The van der Waals surface area contributed by atoms with Crippen molar-refractivity contribution in [1.29, 1.82) is 0 Å². The molecule has 0 atom stereocenters. The average molecular weight is 187 g/mol. The molecular weight excluding hydrogens is 172 g/mol. The second-order valence-corrected chi connectivity index (χ2v) is 3.44. The molecule has 0 fully saturated rings. The lowest BCUT2D eigenvalue weighted by molar-refractivity contribution is -0.178. The third-order valence-corrected chi connectivity index (χ3v) is 1.20. The highest BCUT2D eigenvalue weighted by atomic mass is 16.6. The number of carbonyl (C=O) groups excluding carboxylic acids is 2. The molecule has 0 heterocycles. The highest BCUT2D eigenvalue weighted by Crippen LogP contribution is 2.12. The van der Waals surface area contributed by atoms with Gasteiger partial charge >= 0.3 is 11.9 Å². The van der Waals surface area contributed by atoms with Crippen LogP contribution in [0.1, 0.15) is 27.7 Å². The van der Waals surface area contributed by atoms with Crippen molar-refractivity contribution < 1.29 is 19.1 Å². The van der Waals surface area contributed by atoms with Crippen LogP contribution in [0.3, 0.4) is 0 Å². The fraction of sp³-hybridized carbons (Fsp3) is 0.667. The van der Waals surface area contributed by atoms with E-state index in [1.54, 1.807) is 13.8 Å². The monoisotopic (exact) mass is 187 g/mol. The quantitative estimate of drug-likeness (QED) is 0.621. The van der Waals surface area contributed by atoms with Crippen molar-refractivity contribution in [3.05, 3.63) is 6.92 Å². The minimum Gasteiger partial charge on any atom is -0.460 e. The molecule has 13 heavy (non-hydrogen) atoms. The summed E-state index contributed by atoms with van der Waals surface area (Å²) in [6, 6.07) is 0.